The molecule has 0 saturated carbocycles. The highest BCUT2D eigenvalue weighted by molar-refractivity contribution is 9.10. The van der Waals surface area contributed by atoms with Gasteiger partial charge in [-0.3, -0.25) is 4.98 Å². The fraction of sp³-hybridized carbons (Fsp3) is 0.333. The van der Waals surface area contributed by atoms with Crippen LogP contribution in [0.25, 0.3) is 10.9 Å². The molecule has 2 atom stereocenters. The summed E-state index contributed by atoms with van der Waals surface area (Å²) >= 11 is 3.54. The molecule has 0 spiro atoms. The second kappa shape index (κ2) is 11.4. The molecule has 0 radical (unpaired) electrons. The standard InChI is InChI=1S/C30H33BrFN3O3/c1-18-14-19(2)28(33-17-18)30(36,12-13-35(3)4)26(22-8-7-9-25(37-5)27(22)32)23-16-20-15-21(31)10-11-24(20)34-29(23)38-6/h7-11,14-17,26,36H,12-13H2,1-6H3. The summed E-state index contributed by atoms with van der Waals surface area (Å²) < 4.78 is 28.1. The third-order valence-corrected chi connectivity index (χ3v) is 7.33. The summed E-state index contributed by atoms with van der Waals surface area (Å²) in [5.41, 5.74) is 2.18. The first-order valence-corrected chi connectivity index (χ1v) is 13.2. The van der Waals surface area contributed by atoms with E-state index in [0.717, 1.165) is 26.5 Å². The predicted molar refractivity (Wildman–Crippen MR) is 152 cm³/mol. The molecular formula is C30H33BrFN3O3. The van der Waals surface area contributed by atoms with Crippen molar-refractivity contribution in [3.63, 3.8) is 0 Å². The molecule has 0 fully saturated rings. The van der Waals surface area contributed by atoms with Gasteiger partial charge in [0.15, 0.2) is 11.6 Å². The van der Waals surface area contributed by atoms with Crippen molar-refractivity contribution in [2.45, 2.75) is 31.8 Å². The summed E-state index contributed by atoms with van der Waals surface area (Å²) in [4.78, 5) is 11.5. The van der Waals surface area contributed by atoms with Crippen LogP contribution in [0.5, 0.6) is 11.6 Å². The van der Waals surface area contributed by atoms with Gasteiger partial charge in [0.05, 0.1) is 31.3 Å². The van der Waals surface area contributed by atoms with Crippen LogP contribution in [0.15, 0.2) is 59.2 Å². The van der Waals surface area contributed by atoms with Crippen molar-refractivity contribution in [2.75, 3.05) is 34.9 Å². The lowest BCUT2D eigenvalue weighted by atomic mass is 9.72. The first-order valence-electron chi connectivity index (χ1n) is 12.4. The number of pyridine rings is 2. The molecule has 2 unspecified atom stereocenters. The predicted octanol–water partition coefficient (Wildman–Crippen LogP) is 6.14. The molecule has 0 aliphatic rings. The number of nitrogens with zero attached hydrogens (tertiary/aromatic N) is 3. The van der Waals surface area contributed by atoms with Gasteiger partial charge in [-0.1, -0.05) is 34.1 Å². The van der Waals surface area contributed by atoms with Crippen LogP contribution in [0.4, 0.5) is 4.39 Å². The number of hydrogen-bond acceptors (Lipinski definition) is 6. The molecular weight excluding hydrogens is 549 g/mol. The average Bonchev–Trinajstić information content (AvgIpc) is 2.88. The van der Waals surface area contributed by atoms with Crippen LogP contribution in [0.2, 0.25) is 0 Å². The maximum atomic E-state index is 16.1. The van der Waals surface area contributed by atoms with Gasteiger partial charge < -0.3 is 19.5 Å². The molecule has 2 aromatic heterocycles. The fourth-order valence-corrected chi connectivity index (χ4v) is 5.45. The van der Waals surface area contributed by atoms with Gasteiger partial charge in [-0.15, -0.1) is 0 Å². The van der Waals surface area contributed by atoms with E-state index < -0.39 is 17.3 Å². The van der Waals surface area contributed by atoms with Gasteiger partial charge in [-0.2, -0.15) is 0 Å². The normalized spacial score (nSPS) is 13.9. The molecule has 0 aliphatic heterocycles. The van der Waals surface area contributed by atoms with Crippen LogP contribution in [-0.2, 0) is 5.60 Å². The first kappa shape index (κ1) is 28.0. The van der Waals surface area contributed by atoms with Crippen LogP contribution in [0.1, 0.15) is 40.3 Å². The minimum Gasteiger partial charge on any atom is -0.494 e. The Morgan fingerprint density at radius 2 is 1.82 bits per heavy atom. The largest absolute Gasteiger partial charge is 0.494 e. The van der Waals surface area contributed by atoms with E-state index in [2.05, 4.69) is 15.9 Å². The van der Waals surface area contributed by atoms with Gasteiger partial charge in [-0.25, -0.2) is 9.37 Å². The van der Waals surface area contributed by atoms with Gasteiger partial charge in [0.25, 0.3) is 0 Å². The van der Waals surface area contributed by atoms with Crippen molar-refractivity contribution in [1.29, 1.82) is 0 Å². The van der Waals surface area contributed by atoms with Crippen molar-refractivity contribution >= 4 is 26.8 Å². The molecule has 2 aromatic carbocycles. The molecule has 0 saturated heterocycles. The summed E-state index contributed by atoms with van der Waals surface area (Å²) in [5, 5.41) is 13.6. The number of methoxy groups -OCH3 is 2. The van der Waals surface area contributed by atoms with E-state index in [9.17, 15) is 5.11 Å². The minimum atomic E-state index is -1.62. The molecule has 6 nitrogen and oxygen atoms in total. The summed E-state index contributed by atoms with van der Waals surface area (Å²) in [7, 11) is 6.83. The summed E-state index contributed by atoms with van der Waals surface area (Å²) in [5.74, 6) is -1.08. The Kier molecular flexibility index (Phi) is 8.35. The van der Waals surface area contributed by atoms with E-state index in [-0.39, 0.29) is 17.7 Å². The van der Waals surface area contributed by atoms with Gasteiger partial charge in [0, 0.05) is 33.7 Å². The number of ether oxygens (including phenoxy) is 2. The molecule has 1 N–H and O–H groups in total. The smallest absolute Gasteiger partial charge is 0.217 e. The zero-order valence-corrected chi connectivity index (χ0v) is 24.1. The number of rotatable bonds is 9. The molecule has 4 aromatic rings. The fourth-order valence-electron chi connectivity index (χ4n) is 5.07. The van der Waals surface area contributed by atoms with Crippen LogP contribution in [0, 0.1) is 19.7 Å². The SMILES string of the molecule is COc1cccc(C(c2cc3cc(Br)ccc3nc2OC)C(O)(CCN(C)C)c2ncc(C)cc2C)c1F. The topological polar surface area (TPSA) is 67.7 Å². The highest BCUT2D eigenvalue weighted by Gasteiger charge is 2.45. The van der Waals surface area contributed by atoms with Crippen LogP contribution in [0.3, 0.4) is 0 Å². The molecule has 8 heteroatoms. The number of aliphatic hydroxyl groups is 1. The van der Waals surface area contributed by atoms with E-state index in [1.165, 1.54) is 14.2 Å². The summed E-state index contributed by atoms with van der Waals surface area (Å²) in [6.07, 6.45) is 2.01. The number of benzene rings is 2. The third kappa shape index (κ3) is 5.39. The second-order valence-electron chi connectivity index (χ2n) is 9.88. The van der Waals surface area contributed by atoms with Crippen LogP contribution >= 0.6 is 15.9 Å². The zero-order valence-electron chi connectivity index (χ0n) is 22.5. The van der Waals surface area contributed by atoms with E-state index in [4.69, 9.17) is 19.4 Å². The maximum absolute atomic E-state index is 16.1. The van der Waals surface area contributed by atoms with E-state index in [1.807, 2.05) is 63.2 Å². The van der Waals surface area contributed by atoms with Crippen LogP contribution in [-0.4, -0.2) is 54.8 Å². The molecule has 38 heavy (non-hydrogen) atoms. The molecule has 0 bridgehead atoms. The van der Waals surface area contributed by atoms with Crippen molar-refractivity contribution in [3.8, 4) is 11.6 Å². The number of aromatic nitrogens is 2. The minimum absolute atomic E-state index is 0.0894. The van der Waals surface area contributed by atoms with Crippen molar-refractivity contribution in [3.05, 3.63) is 93.0 Å². The summed E-state index contributed by atoms with van der Waals surface area (Å²) in [6.45, 7) is 4.40. The average molecular weight is 583 g/mol. The van der Waals surface area contributed by atoms with Gasteiger partial charge in [0.1, 0.15) is 5.60 Å². The monoisotopic (exact) mass is 581 g/mol. The number of hydrogen-bond donors (Lipinski definition) is 1. The van der Waals surface area contributed by atoms with Crippen molar-refractivity contribution in [1.82, 2.24) is 14.9 Å². The van der Waals surface area contributed by atoms with E-state index in [1.54, 1.807) is 24.4 Å². The van der Waals surface area contributed by atoms with Crippen LogP contribution < -0.4 is 9.47 Å². The highest BCUT2D eigenvalue weighted by atomic mass is 79.9. The third-order valence-electron chi connectivity index (χ3n) is 6.84. The molecule has 0 amide bonds. The molecule has 2 heterocycles. The Labute approximate surface area is 231 Å². The Balaban J connectivity index is 2.11. The highest BCUT2D eigenvalue weighted by Crippen LogP contribution is 2.49. The first-order chi connectivity index (χ1) is 18.1. The molecule has 200 valence electrons. The molecule has 4 rings (SSSR count). The quantitative estimate of drug-likeness (QED) is 0.256. The lowest BCUT2D eigenvalue weighted by molar-refractivity contribution is -0.00183. The molecule has 0 aliphatic carbocycles. The van der Waals surface area contributed by atoms with Gasteiger partial charge >= 0.3 is 0 Å². The Morgan fingerprint density at radius 3 is 2.47 bits per heavy atom. The second-order valence-corrected chi connectivity index (χ2v) is 10.8. The van der Waals surface area contributed by atoms with Gasteiger partial charge in [0.2, 0.25) is 5.88 Å². The number of halogens is 2. The van der Waals surface area contributed by atoms with Crippen molar-refractivity contribution in [2.24, 2.45) is 0 Å². The number of aryl methyl sites for hydroxylation is 2. The van der Waals surface area contributed by atoms with E-state index in [0.29, 0.717) is 23.7 Å². The summed E-state index contributed by atoms with van der Waals surface area (Å²) in [6, 6.07) is 14.6. The number of fused-ring (bicyclic) bond motifs is 1. The lowest BCUT2D eigenvalue weighted by Crippen LogP contribution is -2.39. The van der Waals surface area contributed by atoms with E-state index >= 15 is 4.39 Å². The Bertz CT molecular complexity index is 1460. The lowest BCUT2D eigenvalue weighted by Gasteiger charge is -2.39. The zero-order chi connectivity index (χ0) is 27.6. The van der Waals surface area contributed by atoms with Crippen molar-refractivity contribution < 1.29 is 19.0 Å². The Morgan fingerprint density at radius 1 is 1.05 bits per heavy atom. The van der Waals surface area contributed by atoms with Gasteiger partial charge in [-0.05, 0) is 75.8 Å². The maximum Gasteiger partial charge on any atom is 0.217 e. The Hall–Kier alpha value is -3.07.